The number of aromatic nitrogens is 1. The number of nitrogens with zero attached hydrogens (tertiary/aromatic N) is 2. The summed E-state index contributed by atoms with van der Waals surface area (Å²) >= 11 is 7.99. The lowest BCUT2D eigenvalue weighted by Gasteiger charge is -2.31. The van der Waals surface area contributed by atoms with E-state index < -0.39 is 0 Å². The van der Waals surface area contributed by atoms with Gasteiger partial charge in [0.1, 0.15) is 5.15 Å². The number of thioether (sulfide) groups is 1. The van der Waals surface area contributed by atoms with Crippen LogP contribution in [-0.4, -0.2) is 52.6 Å². The highest BCUT2D eigenvalue weighted by molar-refractivity contribution is 7.99. The van der Waals surface area contributed by atoms with Crippen LogP contribution in [0.2, 0.25) is 5.15 Å². The lowest BCUT2D eigenvalue weighted by Crippen LogP contribution is -2.44. The van der Waals surface area contributed by atoms with Gasteiger partial charge in [0.25, 0.3) is 5.91 Å². The predicted octanol–water partition coefficient (Wildman–Crippen LogP) is 2.86. The molecule has 0 radical (unpaired) electrons. The molecule has 6 heteroatoms. The van der Waals surface area contributed by atoms with Crippen LogP contribution in [0.15, 0.2) is 18.3 Å². The molecule has 3 heterocycles. The van der Waals surface area contributed by atoms with Crippen LogP contribution < -0.4 is 0 Å². The van der Waals surface area contributed by atoms with Crippen molar-refractivity contribution >= 4 is 29.3 Å². The monoisotopic (exact) mass is 326 g/mol. The van der Waals surface area contributed by atoms with E-state index in [0.29, 0.717) is 12.1 Å². The average molecular weight is 327 g/mol. The Morgan fingerprint density at radius 2 is 2.43 bits per heavy atom. The highest BCUT2D eigenvalue weighted by Gasteiger charge is 2.32. The molecule has 0 bridgehead atoms. The number of rotatable bonds is 4. The van der Waals surface area contributed by atoms with Gasteiger partial charge in [0.05, 0.1) is 11.7 Å². The van der Waals surface area contributed by atoms with Crippen molar-refractivity contribution in [3.05, 3.63) is 29.0 Å². The second-order valence-corrected chi connectivity index (χ2v) is 6.96. The van der Waals surface area contributed by atoms with Gasteiger partial charge in [0.15, 0.2) is 0 Å². The first-order valence-corrected chi connectivity index (χ1v) is 8.90. The van der Waals surface area contributed by atoms with Crippen LogP contribution in [0, 0.1) is 0 Å². The molecular weight excluding hydrogens is 308 g/mol. The van der Waals surface area contributed by atoms with E-state index in [1.165, 1.54) is 0 Å². The van der Waals surface area contributed by atoms with Gasteiger partial charge >= 0.3 is 0 Å². The van der Waals surface area contributed by atoms with Gasteiger partial charge in [-0.2, -0.15) is 11.8 Å². The van der Waals surface area contributed by atoms with Gasteiger partial charge in [0.2, 0.25) is 0 Å². The average Bonchev–Trinajstić information content (AvgIpc) is 3.18. The number of halogens is 1. The summed E-state index contributed by atoms with van der Waals surface area (Å²) in [7, 11) is 0. The molecule has 114 valence electrons. The molecule has 4 nitrogen and oxygen atoms in total. The molecule has 1 aromatic rings. The van der Waals surface area contributed by atoms with Crippen molar-refractivity contribution in [2.24, 2.45) is 0 Å². The summed E-state index contributed by atoms with van der Waals surface area (Å²) in [6, 6.07) is 3.79. The van der Waals surface area contributed by atoms with Crippen molar-refractivity contribution in [1.29, 1.82) is 0 Å². The third-order valence-electron chi connectivity index (χ3n) is 4.02. The molecule has 0 aromatic carbocycles. The van der Waals surface area contributed by atoms with Crippen LogP contribution in [0.4, 0.5) is 0 Å². The Kier molecular flexibility index (Phi) is 5.03. The highest BCUT2D eigenvalue weighted by atomic mass is 35.5. The van der Waals surface area contributed by atoms with Gasteiger partial charge in [-0.1, -0.05) is 11.6 Å². The zero-order valence-electron chi connectivity index (χ0n) is 11.8. The number of carbonyl (C=O) groups excluding carboxylic acids is 1. The Labute approximate surface area is 134 Å². The SMILES string of the molecule is O=C(c1cccnc1Cl)N(CC1CCCO1)C1CCSC1. The maximum atomic E-state index is 12.9. The first-order chi connectivity index (χ1) is 10.3. The number of hydrogen-bond acceptors (Lipinski definition) is 4. The molecule has 0 aliphatic carbocycles. The van der Waals surface area contributed by atoms with E-state index in [1.54, 1.807) is 18.3 Å². The van der Waals surface area contributed by atoms with Crippen LogP contribution in [0.1, 0.15) is 29.6 Å². The third kappa shape index (κ3) is 3.52. The third-order valence-corrected chi connectivity index (χ3v) is 5.47. The molecule has 2 aliphatic heterocycles. The molecule has 0 spiro atoms. The van der Waals surface area contributed by atoms with Gasteiger partial charge < -0.3 is 9.64 Å². The summed E-state index contributed by atoms with van der Waals surface area (Å²) < 4.78 is 5.71. The molecule has 0 N–H and O–H groups in total. The maximum absolute atomic E-state index is 12.9. The normalized spacial score (nSPS) is 25.2. The smallest absolute Gasteiger partial charge is 0.257 e. The molecule has 1 amide bonds. The van der Waals surface area contributed by atoms with Crippen LogP contribution in [0.3, 0.4) is 0 Å². The van der Waals surface area contributed by atoms with Crippen molar-refractivity contribution in [2.45, 2.75) is 31.4 Å². The molecular formula is C15H19ClN2O2S. The van der Waals surface area contributed by atoms with Crippen molar-refractivity contribution in [3.63, 3.8) is 0 Å². The van der Waals surface area contributed by atoms with Crippen molar-refractivity contribution in [1.82, 2.24) is 9.88 Å². The zero-order valence-corrected chi connectivity index (χ0v) is 13.4. The van der Waals surface area contributed by atoms with Gasteiger partial charge in [0, 0.05) is 31.1 Å². The van der Waals surface area contributed by atoms with Crippen LogP contribution >= 0.6 is 23.4 Å². The molecule has 2 saturated heterocycles. The minimum atomic E-state index is -0.0175. The Bertz CT molecular complexity index is 502. The number of carbonyl (C=O) groups is 1. The van der Waals surface area contributed by atoms with E-state index in [-0.39, 0.29) is 23.2 Å². The lowest BCUT2D eigenvalue weighted by atomic mass is 10.1. The molecule has 0 saturated carbocycles. The Balaban J connectivity index is 1.79. The summed E-state index contributed by atoms with van der Waals surface area (Å²) in [6.07, 6.45) is 4.93. The lowest BCUT2D eigenvalue weighted by molar-refractivity contribution is 0.0441. The van der Waals surface area contributed by atoms with E-state index >= 15 is 0 Å². The summed E-state index contributed by atoms with van der Waals surface area (Å²) in [5, 5.41) is 0.283. The fraction of sp³-hybridized carbons (Fsp3) is 0.600. The number of hydrogen-bond donors (Lipinski definition) is 0. The van der Waals surface area contributed by atoms with E-state index in [4.69, 9.17) is 16.3 Å². The van der Waals surface area contributed by atoms with Crippen molar-refractivity contribution in [2.75, 3.05) is 24.7 Å². The first-order valence-electron chi connectivity index (χ1n) is 7.36. The molecule has 21 heavy (non-hydrogen) atoms. The predicted molar refractivity (Wildman–Crippen MR) is 85.0 cm³/mol. The summed E-state index contributed by atoms with van der Waals surface area (Å²) in [5.74, 6) is 2.09. The molecule has 2 atom stereocenters. The second kappa shape index (κ2) is 6.99. The fourth-order valence-corrected chi connectivity index (χ4v) is 4.30. The van der Waals surface area contributed by atoms with Crippen molar-refractivity contribution < 1.29 is 9.53 Å². The summed E-state index contributed by atoms with van der Waals surface area (Å²) in [4.78, 5) is 18.9. The zero-order chi connectivity index (χ0) is 14.7. The number of amides is 1. The minimum absolute atomic E-state index is 0.0175. The topological polar surface area (TPSA) is 42.4 Å². The Morgan fingerprint density at radius 1 is 1.52 bits per heavy atom. The molecule has 2 unspecified atom stereocenters. The van der Waals surface area contributed by atoms with Gasteiger partial charge in [-0.25, -0.2) is 4.98 Å². The maximum Gasteiger partial charge on any atom is 0.257 e. The largest absolute Gasteiger partial charge is 0.376 e. The van der Waals surface area contributed by atoms with Crippen LogP contribution in [0.5, 0.6) is 0 Å². The van der Waals surface area contributed by atoms with Crippen LogP contribution in [-0.2, 0) is 4.74 Å². The summed E-state index contributed by atoms with van der Waals surface area (Å²) in [5.41, 5.74) is 0.495. The Hall–Kier alpha value is -0.780. The molecule has 2 aliphatic rings. The number of ether oxygens (including phenoxy) is 1. The van der Waals surface area contributed by atoms with Crippen molar-refractivity contribution in [3.8, 4) is 0 Å². The highest BCUT2D eigenvalue weighted by Crippen LogP contribution is 2.27. The molecule has 1 aromatic heterocycles. The van der Waals surface area contributed by atoms with Gasteiger partial charge in [-0.05, 0) is 37.1 Å². The van der Waals surface area contributed by atoms with E-state index in [2.05, 4.69) is 4.98 Å². The van der Waals surface area contributed by atoms with Gasteiger partial charge in [-0.3, -0.25) is 4.79 Å². The second-order valence-electron chi connectivity index (χ2n) is 5.45. The Morgan fingerprint density at radius 3 is 3.10 bits per heavy atom. The van der Waals surface area contributed by atoms with E-state index in [1.807, 2.05) is 16.7 Å². The molecule has 2 fully saturated rings. The quantitative estimate of drug-likeness (QED) is 0.798. The summed E-state index contributed by atoms with van der Waals surface area (Å²) in [6.45, 7) is 1.47. The van der Waals surface area contributed by atoms with Crippen LogP contribution in [0.25, 0.3) is 0 Å². The molecule has 3 rings (SSSR count). The minimum Gasteiger partial charge on any atom is -0.376 e. The van der Waals surface area contributed by atoms with Gasteiger partial charge in [-0.15, -0.1) is 0 Å². The standard InChI is InChI=1S/C15H19ClN2O2S/c16-14-13(4-1-6-17-14)15(19)18(11-5-8-21-10-11)9-12-3-2-7-20-12/h1,4,6,11-12H,2-3,5,7-10H2. The number of pyridine rings is 1. The van der Waals surface area contributed by atoms with E-state index in [9.17, 15) is 4.79 Å². The fourth-order valence-electron chi connectivity index (χ4n) is 2.87. The first kappa shape index (κ1) is 15.1. The van der Waals surface area contributed by atoms with E-state index in [0.717, 1.165) is 37.4 Å².